The second-order valence-corrected chi connectivity index (χ2v) is 9.57. The van der Waals surface area contributed by atoms with Gasteiger partial charge < -0.3 is 15.0 Å². The van der Waals surface area contributed by atoms with Gasteiger partial charge in [0.2, 0.25) is 0 Å². The van der Waals surface area contributed by atoms with Gasteiger partial charge in [-0.25, -0.2) is 20.1 Å². The first-order chi connectivity index (χ1) is 15.8. The van der Waals surface area contributed by atoms with Crippen LogP contribution in [0.2, 0.25) is 0 Å². The number of fused-ring (bicyclic) bond motifs is 2. The van der Waals surface area contributed by atoms with Gasteiger partial charge in [-0.15, -0.1) is 0 Å². The van der Waals surface area contributed by atoms with Gasteiger partial charge in [0.1, 0.15) is 17.7 Å². The molecule has 1 aliphatic rings. The summed E-state index contributed by atoms with van der Waals surface area (Å²) in [7, 11) is -2.16. The molecule has 1 saturated carbocycles. The van der Waals surface area contributed by atoms with Gasteiger partial charge in [0, 0.05) is 24.6 Å². The molecule has 172 valence electrons. The number of aromatic amines is 1. The molecule has 2 aromatic heterocycles. The summed E-state index contributed by atoms with van der Waals surface area (Å²) >= 11 is 0. The molecule has 0 amide bonds. The van der Waals surface area contributed by atoms with Crippen LogP contribution in [-0.4, -0.2) is 59.3 Å². The molecule has 1 fully saturated rings. The largest absolute Gasteiger partial charge is 0.393 e. The van der Waals surface area contributed by atoms with E-state index in [1.54, 1.807) is 0 Å². The van der Waals surface area contributed by atoms with Crippen LogP contribution in [0.3, 0.4) is 0 Å². The third-order valence-electron chi connectivity index (χ3n) is 6.27. The number of nitrogens with two attached hydrogens (primary N) is 1. The summed E-state index contributed by atoms with van der Waals surface area (Å²) in [5, 5.41) is 17.5. The Hall–Kier alpha value is -3.12. The van der Waals surface area contributed by atoms with Gasteiger partial charge in [0.25, 0.3) is 0 Å². The topological polar surface area (TPSA) is 147 Å². The lowest BCUT2D eigenvalue weighted by molar-refractivity contribution is 0.101. The summed E-state index contributed by atoms with van der Waals surface area (Å²) < 4.78 is 26.9. The van der Waals surface area contributed by atoms with Gasteiger partial charge in [0.05, 0.1) is 12.7 Å². The first kappa shape index (κ1) is 21.7. The lowest BCUT2D eigenvalue weighted by atomic mass is 10.0. The summed E-state index contributed by atoms with van der Waals surface area (Å²) in [6.07, 6.45) is 1.74. The molecule has 0 aliphatic heterocycles. The third kappa shape index (κ3) is 4.27. The zero-order valence-electron chi connectivity index (χ0n) is 17.9. The molecule has 2 heterocycles. The molecule has 4 aromatic rings. The van der Waals surface area contributed by atoms with Gasteiger partial charge in [0.15, 0.2) is 11.5 Å². The number of imidazole rings is 1. The molecule has 3 atom stereocenters. The Labute approximate surface area is 190 Å². The Balaban J connectivity index is 1.45. The fraction of sp³-hybridized carbons (Fsp3) is 0.318. The minimum Gasteiger partial charge on any atom is -0.393 e. The number of H-pyrrole nitrogens is 1. The Morgan fingerprint density at radius 1 is 1.18 bits per heavy atom. The Bertz CT molecular complexity index is 1420. The van der Waals surface area contributed by atoms with Crippen molar-refractivity contribution in [3.63, 3.8) is 0 Å². The second kappa shape index (κ2) is 8.34. The normalized spacial score (nSPS) is 21.1. The van der Waals surface area contributed by atoms with Crippen molar-refractivity contribution in [1.82, 2.24) is 19.9 Å². The first-order valence-electron chi connectivity index (χ1n) is 10.6. The van der Waals surface area contributed by atoms with Crippen molar-refractivity contribution in [2.45, 2.75) is 25.0 Å². The predicted molar refractivity (Wildman–Crippen MR) is 125 cm³/mol. The van der Waals surface area contributed by atoms with Gasteiger partial charge in [-0.3, -0.25) is 4.18 Å². The van der Waals surface area contributed by atoms with Crippen LogP contribution in [0, 0.1) is 5.92 Å². The highest BCUT2D eigenvalue weighted by Gasteiger charge is 2.37. The maximum absolute atomic E-state index is 11.1. The second-order valence-electron chi connectivity index (χ2n) is 8.35. The molecule has 5 rings (SSSR count). The van der Waals surface area contributed by atoms with Crippen LogP contribution in [-0.2, 0) is 14.5 Å². The zero-order chi connectivity index (χ0) is 23.2. The van der Waals surface area contributed by atoms with E-state index < -0.39 is 16.4 Å². The zero-order valence-corrected chi connectivity index (χ0v) is 18.7. The highest BCUT2D eigenvalue weighted by atomic mass is 32.2. The Morgan fingerprint density at radius 2 is 1.97 bits per heavy atom. The van der Waals surface area contributed by atoms with Crippen LogP contribution in [0.4, 0.5) is 5.82 Å². The predicted octanol–water partition coefficient (Wildman–Crippen LogP) is 1.97. The van der Waals surface area contributed by atoms with Crippen LogP contribution in [0.1, 0.15) is 12.8 Å². The SMILES string of the molecule is CN(c1ncnc2nc(-c3cccc4ccccc34)[nH]c12)[C@H]1CC(O)C(COS(N)(=O)=O)C1. The quantitative estimate of drug-likeness (QED) is 0.389. The van der Waals surface area contributed by atoms with E-state index in [-0.39, 0.29) is 18.6 Å². The minimum absolute atomic E-state index is 0.0727. The molecule has 0 radical (unpaired) electrons. The average molecular weight is 469 g/mol. The summed E-state index contributed by atoms with van der Waals surface area (Å²) in [5.41, 5.74) is 2.21. The van der Waals surface area contributed by atoms with Crippen LogP contribution < -0.4 is 10.0 Å². The van der Waals surface area contributed by atoms with Gasteiger partial charge >= 0.3 is 10.3 Å². The summed E-state index contributed by atoms with van der Waals surface area (Å²) in [4.78, 5) is 18.9. The molecule has 1 aliphatic carbocycles. The number of aliphatic hydroxyl groups is 1. The van der Waals surface area contributed by atoms with Crippen molar-refractivity contribution >= 4 is 38.1 Å². The molecular formula is C22H24N6O4S. The van der Waals surface area contributed by atoms with Crippen LogP contribution in [0.25, 0.3) is 33.3 Å². The molecule has 33 heavy (non-hydrogen) atoms. The maximum atomic E-state index is 11.1. The van der Waals surface area contributed by atoms with E-state index in [9.17, 15) is 13.5 Å². The summed E-state index contributed by atoms with van der Waals surface area (Å²) in [5.74, 6) is 1.01. The maximum Gasteiger partial charge on any atom is 0.333 e. The van der Waals surface area contributed by atoms with Crippen molar-refractivity contribution in [3.8, 4) is 11.4 Å². The van der Waals surface area contributed by atoms with E-state index in [0.29, 0.717) is 35.6 Å². The van der Waals surface area contributed by atoms with Crippen molar-refractivity contribution in [1.29, 1.82) is 0 Å². The molecule has 10 nitrogen and oxygen atoms in total. The number of rotatable bonds is 6. The highest BCUT2D eigenvalue weighted by molar-refractivity contribution is 7.84. The smallest absolute Gasteiger partial charge is 0.333 e. The van der Waals surface area contributed by atoms with E-state index in [1.807, 2.05) is 36.2 Å². The van der Waals surface area contributed by atoms with Crippen LogP contribution in [0.5, 0.6) is 0 Å². The number of hydrogen-bond donors (Lipinski definition) is 3. The highest BCUT2D eigenvalue weighted by Crippen LogP contribution is 2.34. The summed E-state index contributed by atoms with van der Waals surface area (Å²) in [6, 6.07) is 14.1. The standard InChI is InChI=1S/C22H24N6O4S/c1-28(15-9-14(18(29)10-15)11-32-33(23,30)31)22-19-21(24-12-25-22)27-20(26-19)17-8-4-6-13-5-2-3-7-16(13)17/h2-8,12,14-15,18,29H,9-11H2,1H3,(H2,23,30,31)(H,24,25,26,27)/t14?,15-,18?/m1/s1. The number of hydrogen-bond acceptors (Lipinski definition) is 8. The molecule has 2 unspecified atom stereocenters. The Kier molecular flexibility index (Phi) is 5.49. The van der Waals surface area contributed by atoms with Gasteiger partial charge in [-0.2, -0.15) is 8.42 Å². The lowest BCUT2D eigenvalue weighted by Crippen LogP contribution is -2.31. The number of aliphatic hydroxyl groups excluding tert-OH is 1. The number of nitrogens with zero attached hydrogens (tertiary/aromatic N) is 4. The lowest BCUT2D eigenvalue weighted by Gasteiger charge is -2.25. The van der Waals surface area contributed by atoms with E-state index in [2.05, 4.69) is 33.2 Å². The molecule has 4 N–H and O–H groups in total. The molecule has 2 aromatic carbocycles. The fourth-order valence-corrected chi connectivity index (χ4v) is 4.93. The van der Waals surface area contributed by atoms with Gasteiger partial charge in [-0.1, -0.05) is 42.5 Å². The Morgan fingerprint density at radius 3 is 2.79 bits per heavy atom. The average Bonchev–Trinajstić information content (AvgIpc) is 3.39. The molecule has 11 heteroatoms. The molecule has 0 bridgehead atoms. The fourth-order valence-electron chi connectivity index (χ4n) is 4.57. The van der Waals surface area contributed by atoms with Crippen molar-refractivity contribution in [2.24, 2.45) is 11.1 Å². The van der Waals surface area contributed by atoms with Crippen LogP contribution in [0.15, 0.2) is 48.8 Å². The molecule has 0 saturated heterocycles. The number of benzene rings is 2. The van der Waals surface area contributed by atoms with Crippen molar-refractivity contribution in [3.05, 3.63) is 48.8 Å². The van der Waals surface area contributed by atoms with E-state index in [0.717, 1.165) is 16.3 Å². The number of anilines is 1. The van der Waals surface area contributed by atoms with Crippen LogP contribution >= 0.6 is 0 Å². The van der Waals surface area contributed by atoms with Crippen molar-refractivity contribution < 1.29 is 17.7 Å². The van der Waals surface area contributed by atoms with E-state index in [4.69, 9.17) is 14.3 Å². The van der Waals surface area contributed by atoms with E-state index in [1.165, 1.54) is 6.33 Å². The molecular weight excluding hydrogens is 444 g/mol. The number of nitrogens with one attached hydrogen (secondary N) is 1. The number of aromatic nitrogens is 4. The van der Waals surface area contributed by atoms with Crippen molar-refractivity contribution in [2.75, 3.05) is 18.6 Å². The monoisotopic (exact) mass is 468 g/mol. The third-order valence-corrected chi connectivity index (χ3v) is 6.74. The minimum atomic E-state index is -4.05. The first-order valence-corrected chi connectivity index (χ1v) is 12.0. The molecule has 0 spiro atoms. The summed E-state index contributed by atoms with van der Waals surface area (Å²) in [6.45, 7) is -0.154. The van der Waals surface area contributed by atoms with Gasteiger partial charge in [-0.05, 0) is 23.6 Å². The van der Waals surface area contributed by atoms with E-state index >= 15 is 0 Å².